The van der Waals surface area contributed by atoms with E-state index in [0.717, 1.165) is 22.3 Å². The van der Waals surface area contributed by atoms with E-state index in [1.807, 2.05) is 19.1 Å². The number of hydrogen-bond acceptors (Lipinski definition) is 4. The van der Waals surface area contributed by atoms with Crippen molar-refractivity contribution >= 4 is 17.4 Å². The summed E-state index contributed by atoms with van der Waals surface area (Å²) < 4.78 is 38.0. The molecule has 1 aliphatic heterocycles. The Kier molecular flexibility index (Phi) is 5.45. The molecule has 5 nitrogen and oxygen atoms in total. The van der Waals surface area contributed by atoms with Crippen molar-refractivity contribution in [3.63, 3.8) is 0 Å². The first-order valence-electron chi connectivity index (χ1n) is 8.32. The number of amides is 2. The average molecular weight is 384 g/mol. The van der Waals surface area contributed by atoms with E-state index in [1.54, 1.807) is 17.3 Å². The van der Waals surface area contributed by atoms with Gasteiger partial charge >= 0.3 is 12.2 Å². The van der Waals surface area contributed by atoms with E-state index < -0.39 is 11.9 Å². The number of urea groups is 1. The highest BCUT2D eigenvalue weighted by Gasteiger charge is 2.35. The zero-order valence-electron chi connectivity index (χ0n) is 14.2. The Morgan fingerprint density at radius 3 is 2.69 bits per heavy atom. The second-order valence-corrected chi connectivity index (χ2v) is 7.18. The van der Waals surface area contributed by atoms with E-state index in [0.29, 0.717) is 30.9 Å². The largest absolute Gasteiger partial charge is 0.434 e. The molecular weight excluding hydrogens is 365 g/mol. The number of halogens is 3. The fraction of sp³-hybridized carbons (Fsp3) is 0.471. The third-order valence-electron chi connectivity index (χ3n) is 4.47. The van der Waals surface area contributed by atoms with Crippen molar-refractivity contribution in [2.45, 2.75) is 37.9 Å². The van der Waals surface area contributed by atoms with Crippen LogP contribution in [0.3, 0.4) is 0 Å². The van der Waals surface area contributed by atoms with Crippen molar-refractivity contribution in [3.05, 3.63) is 46.2 Å². The van der Waals surface area contributed by atoms with Crippen LogP contribution in [0.15, 0.2) is 29.9 Å². The zero-order valence-corrected chi connectivity index (χ0v) is 15.0. The molecule has 140 valence electrons. The number of thiazole rings is 1. The molecule has 1 fully saturated rings. The molecule has 0 spiro atoms. The lowest BCUT2D eigenvalue weighted by molar-refractivity contribution is -0.140. The second-order valence-electron chi connectivity index (χ2n) is 6.29. The highest BCUT2D eigenvalue weighted by molar-refractivity contribution is 7.09. The van der Waals surface area contributed by atoms with E-state index >= 15 is 0 Å². The van der Waals surface area contributed by atoms with Gasteiger partial charge in [-0.1, -0.05) is 6.07 Å². The number of nitrogens with one attached hydrogen (secondary N) is 1. The van der Waals surface area contributed by atoms with Crippen molar-refractivity contribution < 1.29 is 18.0 Å². The lowest BCUT2D eigenvalue weighted by Crippen LogP contribution is -2.44. The van der Waals surface area contributed by atoms with Crippen molar-refractivity contribution in [1.29, 1.82) is 0 Å². The Labute approximate surface area is 153 Å². The maximum atomic E-state index is 12.7. The topological polar surface area (TPSA) is 58.1 Å². The van der Waals surface area contributed by atoms with Gasteiger partial charge in [0.15, 0.2) is 5.69 Å². The summed E-state index contributed by atoms with van der Waals surface area (Å²) in [5.74, 6) is -0.0316. The van der Waals surface area contributed by atoms with Crippen LogP contribution in [0.2, 0.25) is 0 Å². The number of carbonyl (C=O) groups excluding carboxylic acids is 1. The minimum atomic E-state index is -4.40. The number of rotatable bonds is 3. The van der Waals surface area contributed by atoms with Crippen LogP contribution in [-0.4, -0.2) is 34.0 Å². The molecule has 0 radical (unpaired) electrons. The molecule has 9 heteroatoms. The summed E-state index contributed by atoms with van der Waals surface area (Å²) in [6.45, 7) is 2.88. The van der Waals surface area contributed by atoms with Crippen molar-refractivity contribution in [2.24, 2.45) is 0 Å². The number of piperidine rings is 1. The van der Waals surface area contributed by atoms with Gasteiger partial charge in [0.1, 0.15) is 0 Å². The van der Waals surface area contributed by atoms with Crippen LogP contribution in [0.4, 0.5) is 18.0 Å². The molecule has 0 bridgehead atoms. The Hall–Kier alpha value is -2.16. The summed E-state index contributed by atoms with van der Waals surface area (Å²) in [6, 6.07) is 3.37. The summed E-state index contributed by atoms with van der Waals surface area (Å²) in [4.78, 5) is 21.9. The van der Waals surface area contributed by atoms with Crippen molar-refractivity contribution in [2.75, 3.05) is 13.1 Å². The predicted molar refractivity (Wildman–Crippen MR) is 91.8 cm³/mol. The van der Waals surface area contributed by atoms with Crippen LogP contribution in [0.25, 0.3) is 0 Å². The Balaban J connectivity index is 1.53. The molecule has 3 rings (SSSR count). The normalized spacial score (nSPS) is 17.2. The number of aromatic nitrogens is 2. The lowest BCUT2D eigenvalue weighted by atomic mass is 9.98. The molecule has 1 aliphatic rings. The molecule has 26 heavy (non-hydrogen) atoms. The molecule has 2 amide bonds. The molecule has 0 aliphatic carbocycles. The SMILES string of the molecule is CC(NC(=O)N1CCC(c2nc(C(F)(F)F)cs2)CC1)c1cccnc1. The number of alkyl halides is 3. The number of pyridine rings is 1. The maximum absolute atomic E-state index is 12.7. The van der Waals surface area contributed by atoms with Crippen LogP contribution in [-0.2, 0) is 6.18 Å². The van der Waals surface area contributed by atoms with Crippen LogP contribution in [0, 0.1) is 0 Å². The van der Waals surface area contributed by atoms with Gasteiger partial charge in [0.2, 0.25) is 0 Å². The van der Waals surface area contributed by atoms with Gasteiger partial charge in [-0.05, 0) is 31.4 Å². The fourth-order valence-electron chi connectivity index (χ4n) is 2.93. The monoisotopic (exact) mass is 384 g/mol. The van der Waals surface area contributed by atoms with Gasteiger partial charge < -0.3 is 10.2 Å². The van der Waals surface area contributed by atoms with E-state index in [2.05, 4.69) is 15.3 Å². The molecule has 3 heterocycles. The lowest BCUT2D eigenvalue weighted by Gasteiger charge is -2.32. The van der Waals surface area contributed by atoms with Crippen LogP contribution < -0.4 is 5.32 Å². The molecular formula is C17H19F3N4OS. The first kappa shape index (κ1) is 18.6. The summed E-state index contributed by atoms with van der Waals surface area (Å²) in [6.07, 6.45) is 0.195. The summed E-state index contributed by atoms with van der Waals surface area (Å²) in [5.41, 5.74) is 0.0844. The van der Waals surface area contributed by atoms with Gasteiger partial charge in [-0.2, -0.15) is 13.2 Å². The predicted octanol–water partition coefficient (Wildman–Crippen LogP) is 4.21. The van der Waals surface area contributed by atoms with Gasteiger partial charge in [0, 0.05) is 36.8 Å². The van der Waals surface area contributed by atoms with E-state index in [4.69, 9.17) is 0 Å². The van der Waals surface area contributed by atoms with Crippen LogP contribution >= 0.6 is 11.3 Å². The van der Waals surface area contributed by atoms with Crippen molar-refractivity contribution in [1.82, 2.24) is 20.2 Å². The van der Waals surface area contributed by atoms with Gasteiger partial charge in [0.05, 0.1) is 11.0 Å². The quantitative estimate of drug-likeness (QED) is 0.863. The second kappa shape index (κ2) is 7.61. The Morgan fingerprint density at radius 2 is 2.12 bits per heavy atom. The standard InChI is InChI=1S/C17H19F3N4OS/c1-11(13-3-2-6-21-9-13)22-16(25)24-7-4-12(5-8-24)15-23-14(10-26-15)17(18,19)20/h2-3,6,9-12H,4-5,7-8H2,1H3,(H,22,25). The first-order chi connectivity index (χ1) is 12.3. The van der Waals surface area contributed by atoms with Gasteiger partial charge in [-0.15, -0.1) is 11.3 Å². The van der Waals surface area contributed by atoms with Gasteiger partial charge in [0.25, 0.3) is 0 Å². The molecule has 2 aromatic heterocycles. The maximum Gasteiger partial charge on any atom is 0.434 e. The van der Waals surface area contributed by atoms with Crippen LogP contribution in [0.5, 0.6) is 0 Å². The van der Waals surface area contributed by atoms with E-state index in [9.17, 15) is 18.0 Å². The molecule has 1 N–H and O–H groups in total. The van der Waals surface area contributed by atoms with Gasteiger partial charge in [-0.25, -0.2) is 9.78 Å². The fourth-order valence-corrected chi connectivity index (χ4v) is 3.92. The minimum Gasteiger partial charge on any atom is -0.331 e. The molecule has 0 saturated carbocycles. The van der Waals surface area contributed by atoms with E-state index in [1.165, 1.54) is 0 Å². The molecule has 2 aromatic rings. The number of likely N-dealkylation sites (tertiary alicyclic amines) is 1. The van der Waals surface area contributed by atoms with Crippen molar-refractivity contribution in [3.8, 4) is 0 Å². The Morgan fingerprint density at radius 1 is 1.38 bits per heavy atom. The Bertz CT molecular complexity index is 742. The molecule has 1 unspecified atom stereocenters. The number of hydrogen-bond donors (Lipinski definition) is 1. The summed E-state index contributed by atoms with van der Waals surface area (Å²) >= 11 is 1.04. The van der Waals surface area contributed by atoms with Gasteiger partial charge in [-0.3, -0.25) is 4.98 Å². The summed E-state index contributed by atoms with van der Waals surface area (Å²) in [5, 5.41) is 4.49. The highest BCUT2D eigenvalue weighted by atomic mass is 32.1. The number of carbonyl (C=O) groups is 1. The van der Waals surface area contributed by atoms with E-state index in [-0.39, 0.29) is 18.0 Å². The van der Waals surface area contributed by atoms with Crippen LogP contribution in [0.1, 0.15) is 48.0 Å². The molecule has 1 saturated heterocycles. The number of nitrogens with zero attached hydrogens (tertiary/aromatic N) is 3. The molecule has 1 atom stereocenters. The zero-order chi connectivity index (χ0) is 18.7. The average Bonchev–Trinajstić information content (AvgIpc) is 3.13. The summed E-state index contributed by atoms with van der Waals surface area (Å²) in [7, 11) is 0. The minimum absolute atomic E-state index is 0.0316. The molecule has 0 aromatic carbocycles. The third kappa shape index (κ3) is 4.32. The third-order valence-corrected chi connectivity index (χ3v) is 5.48. The first-order valence-corrected chi connectivity index (χ1v) is 9.20. The smallest absolute Gasteiger partial charge is 0.331 e. The highest BCUT2D eigenvalue weighted by Crippen LogP contribution is 2.35.